The van der Waals surface area contributed by atoms with E-state index in [1.807, 2.05) is 0 Å². The number of hydrogen-bond acceptors (Lipinski definition) is 2. The SMILES string of the molecule is N#CC1CCCN(C(=O)Nc2ccc(C(F)(F)F)cc2)C1. The molecule has 0 spiro atoms. The first-order valence-electron chi connectivity index (χ1n) is 6.53. The lowest BCUT2D eigenvalue weighted by Crippen LogP contribution is -2.42. The molecule has 1 heterocycles. The number of benzene rings is 1. The number of nitrogens with one attached hydrogen (secondary N) is 1. The van der Waals surface area contributed by atoms with E-state index < -0.39 is 17.8 Å². The first-order valence-corrected chi connectivity index (χ1v) is 6.53. The normalized spacial score (nSPS) is 19.0. The highest BCUT2D eigenvalue weighted by Gasteiger charge is 2.30. The lowest BCUT2D eigenvalue weighted by Gasteiger charge is -2.29. The molecule has 1 aliphatic rings. The third-order valence-corrected chi connectivity index (χ3v) is 3.35. The number of carbonyl (C=O) groups is 1. The number of amides is 2. The summed E-state index contributed by atoms with van der Waals surface area (Å²) in [5, 5.41) is 11.4. The molecule has 1 unspecified atom stereocenters. The Morgan fingerprint density at radius 1 is 1.33 bits per heavy atom. The molecule has 1 fully saturated rings. The van der Waals surface area contributed by atoms with Crippen molar-refractivity contribution in [3.8, 4) is 6.07 Å². The fourth-order valence-corrected chi connectivity index (χ4v) is 2.21. The van der Waals surface area contributed by atoms with Gasteiger partial charge in [-0.2, -0.15) is 18.4 Å². The van der Waals surface area contributed by atoms with Crippen LogP contribution in [0.4, 0.5) is 23.7 Å². The number of anilines is 1. The average Bonchev–Trinajstić information content (AvgIpc) is 2.47. The van der Waals surface area contributed by atoms with Gasteiger partial charge in [-0.15, -0.1) is 0 Å². The fourth-order valence-electron chi connectivity index (χ4n) is 2.21. The van der Waals surface area contributed by atoms with Gasteiger partial charge in [-0.3, -0.25) is 0 Å². The Kier molecular flexibility index (Phi) is 4.36. The molecule has 7 heteroatoms. The van der Waals surface area contributed by atoms with Crippen LogP contribution in [-0.2, 0) is 6.18 Å². The Bertz CT molecular complexity index is 548. The molecule has 1 atom stereocenters. The van der Waals surface area contributed by atoms with Crippen molar-refractivity contribution >= 4 is 11.7 Å². The van der Waals surface area contributed by atoms with E-state index in [4.69, 9.17) is 5.26 Å². The Labute approximate surface area is 120 Å². The lowest BCUT2D eigenvalue weighted by molar-refractivity contribution is -0.137. The second kappa shape index (κ2) is 6.04. The maximum Gasteiger partial charge on any atom is 0.416 e. The standard InChI is InChI=1S/C14H14F3N3O/c15-14(16,17)11-3-5-12(6-4-11)19-13(21)20-7-1-2-10(8-18)9-20/h3-6,10H,1-2,7,9H2,(H,19,21). The molecule has 2 amide bonds. The monoisotopic (exact) mass is 297 g/mol. The molecule has 2 rings (SSSR count). The van der Waals surface area contributed by atoms with Gasteiger partial charge in [0.2, 0.25) is 0 Å². The zero-order chi connectivity index (χ0) is 15.5. The van der Waals surface area contributed by atoms with Crippen molar-refractivity contribution in [2.75, 3.05) is 18.4 Å². The molecule has 0 radical (unpaired) electrons. The zero-order valence-electron chi connectivity index (χ0n) is 11.2. The van der Waals surface area contributed by atoms with E-state index in [1.165, 1.54) is 17.0 Å². The van der Waals surface area contributed by atoms with Gasteiger partial charge in [0.15, 0.2) is 0 Å². The average molecular weight is 297 g/mol. The number of hydrogen-bond donors (Lipinski definition) is 1. The minimum absolute atomic E-state index is 0.183. The largest absolute Gasteiger partial charge is 0.416 e. The van der Waals surface area contributed by atoms with Crippen LogP contribution in [0.2, 0.25) is 0 Å². The van der Waals surface area contributed by atoms with Crippen LogP contribution in [0.15, 0.2) is 24.3 Å². The number of carbonyl (C=O) groups excluding carboxylic acids is 1. The number of urea groups is 1. The van der Waals surface area contributed by atoms with Crippen LogP contribution in [0.3, 0.4) is 0 Å². The summed E-state index contributed by atoms with van der Waals surface area (Å²) < 4.78 is 37.3. The van der Waals surface area contributed by atoms with Crippen molar-refractivity contribution in [1.29, 1.82) is 5.26 Å². The fraction of sp³-hybridized carbons (Fsp3) is 0.429. The molecule has 0 aromatic heterocycles. The van der Waals surface area contributed by atoms with Gasteiger partial charge < -0.3 is 10.2 Å². The molecular weight excluding hydrogens is 283 g/mol. The summed E-state index contributed by atoms with van der Waals surface area (Å²) in [6.07, 6.45) is -2.88. The van der Waals surface area contributed by atoms with Gasteiger partial charge in [-0.25, -0.2) is 4.79 Å². The van der Waals surface area contributed by atoms with Gasteiger partial charge >= 0.3 is 12.2 Å². The lowest BCUT2D eigenvalue weighted by atomic mass is 10.0. The number of nitriles is 1. The molecule has 1 saturated heterocycles. The molecule has 4 nitrogen and oxygen atoms in total. The smallest absolute Gasteiger partial charge is 0.323 e. The summed E-state index contributed by atoms with van der Waals surface area (Å²) in [4.78, 5) is 13.5. The van der Waals surface area contributed by atoms with Crippen molar-refractivity contribution in [1.82, 2.24) is 4.90 Å². The van der Waals surface area contributed by atoms with Gasteiger partial charge in [0, 0.05) is 18.8 Å². The minimum Gasteiger partial charge on any atom is -0.323 e. The minimum atomic E-state index is -4.39. The Morgan fingerprint density at radius 3 is 2.57 bits per heavy atom. The van der Waals surface area contributed by atoms with Crippen LogP contribution in [0, 0.1) is 17.2 Å². The number of alkyl halides is 3. The van der Waals surface area contributed by atoms with Crippen LogP contribution >= 0.6 is 0 Å². The highest BCUT2D eigenvalue weighted by atomic mass is 19.4. The van der Waals surface area contributed by atoms with E-state index in [1.54, 1.807) is 0 Å². The molecule has 1 N–H and O–H groups in total. The van der Waals surface area contributed by atoms with Crippen LogP contribution in [0.1, 0.15) is 18.4 Å². The first-order chi connectivity index (χ1) is 9.90. The maximum atomic E-state index is 12.4. The molecule has 1 aliphatic heterocycles. The van der Waals surface area contributed by atoms with E-state index in [0.717, 1.165) is 25.0 Å². The number of piperidine rings is 1. The predicted octanol–water partition coefficient (Wildman–Crippen LogP) is 3.47. The zero-order valence-corrected chi connectivity index (χ0v) is 11.2. The highest BCUT2D eigenvalue weighted by Crippen LogP contribution is 2.29. The van der Waals surface area contributed by atoms with E-state index in [-0.39, 0.29) is 5.92 Å². The highest BCUT2D eigenvalue weighted by molar-refractivity contribution is 5.89. The third kappa shape index (κ3) is 3.88. The van der Waals surface area contributed by atoms with Crippen molar-refractivity contribution in [3.05, 3.63) is 29.8 Å². The van der Waals surface area contributed by atoms with Crippen LogP contribution < -0.4 is 5.32 Å². The Balaban J connectivity index is 1.98. The molecule has 1 aromatic rings. The van der Waals surface area contributed by atoms with Gasteiger partial charge in [0.1, 0.15) is 0 Å². The van der Waals surface area contributed by atoms with Gasteiger partial charge in [0.05, 0.1) is 17.6 Å². The van der Waals surface area contributed by atoms with Gasteiger partial charge in [-0.05, 0) is 37.1 Å². The second-order valence-corrected chi connectivity index (χ2v) is 4.92. The van der Waals surface area contributed by atoms with E-state index in [9.17, 15) is 18.0 Å². The second-order valence-electron chi connectivity index (χ2n) is 4.92. The first kappa shape index (κ1) is 15.2. The van der Waals surface area contributed by atoms with Crippen molar-refractivity contribution in [2.45, 2.75) is 19.0 Å². The molecule has 0 aliphatic carbocycles. The summed E-state index contributed by atoms with van der Waals surface area (Å²) in [5.41, 5.74) is -0.463. The topological polar surface area (TPSA) is 56.1 Å². The molecule has 112 valence electrons. The van der Waals surface area contributed by atoms with Crippen LogP contribution in [0.5, 0.6) is 0 Å². The maximum absolute atomic E-state index is 12.4. The summed E-state index contributed by atoms with van der Waals surface area (Å²) in [5.74, 6) is -0.183. The number of likely N-dealkylation sites (tertiary alicyclic amines) is 1. The molecule has 1 aromatic carbocycles. The predicted molar refractivity (Wildman–Crippen MR) is 70.4 cm³/mol. The van der Waals surface area contributed by atoms with Gasteiger partial charge in [-0.1, -0.05) is 0 Å². The molecule has 21 heavy (non-hydrogen) atoms. The number of halogens is 3. The molecule has 0 bridgehead atoms. The third-order valence-electron chi connectivity index (χ3n) is 3.35. The summed E-state index contributed by atoms with van der Waals surface area (Å²) >= 11 is 0. The van der Waals surface area contributed by atoms with E-state index >= 15 is 0 Å². The van der Waals surface area contributed by atoms with Crippen LogP contribution in [0.25, 0.3) is 0 Å². The molecule has 0 saturated carbocycles. The summed E-state index contributed by atoms with van der Waals surface area (Å²) in [6, 6.07) is 6.01. The van der Waals surface area contributed by atoms with Crippen molar-refractivity contribution < 1.29 is 18.0 Å². The Morgan fingerprint density at radius 2 is 2.00 bits per heavy atom. The van der Waals surface area contributed by atoms with Gasteiger partial charge in [0.25, 0.3) is 0 Å². The summed E-state index contributed by atoms with van der Waals surface area (Å²) in [6.45, 7) is 0.896. The Hall–Kier alpha value is -2.23. The quantitative estimate of drug-likeness (QED) is 0.863. The summed E-state index contributed by atoms with van der Waals surface area (Å²) in [7, 11) is 0. The number of rotatable bonds is 1. The van der Waals surface area contributed by atoms with Crippen molar-refractivity contribution in [2.24, 2.45) is 5.92 Å². The van der Waals surface area contributed by atoms with E-state index in [0.29, 0.717) is 18.8 Å². The van der Waals surface area contributed by atoms with Crippen LogP contribution in [-0.4, -0.2) is 24.0 Å². The number of nitrogens with zero attached hydrogens (tertiary/aromatic N) is 2. The van der Waals surface area contributed by atoms with Crippen molar-refractivity contribution in [3.63, 3.8) is 0 Å². The van der Waals surface area contributed by atoms with E-state index in [2.05, 4.69) is 11.4 Å². The molecular formula is C14H14F3N3O.